The number of amides is 1. The summed E-state index contributed by atoms with van der Waals surface area (Å²) in [6.45, 7) is 2.86. The number of carbonyl (C=O) groups is 1. The highest BCUT2D eigenvalue weighted by molar-refractivity contribution is 6.03. The highest BCUT2D eigenvalue weighted by Gasteiger charge is 2.12. The zero-order valence-electron chi connectivity index (χ0n) is 14.8. The first-order valence-corrected chi connectivity index (χ1v) is 7.69. The van der Waals surface area contributed by atoms with Gasteiger partial charge in [-0.05, 0) is 19.1 Å². The number of benzene rings is 1. The molecule has 0 saturated heterocycles. The predicted octanol–water partition coefficient (Wildman–Crippen LogP) is 2.11. The van der Waals surface area contributed by atoms with Crippen molar-refractivity contribution < 1.29 is 19.0 Å². The summed E-state index contributed by atoms with van der Waals surface area (Å²) in [5.41, 5.74) is 0.843. The normalized spacial score (nSPS) is 10.2. The highest BCUT2D eigenvalue weighted by atomic mass is 16.5. The van der Waals surface area contributed by atoms with E-state index in [-0.39, 0.29) is 11.6 Å². The Morgan fingerprint density at radius 2 is 1.84 bits per heavy atom. The Morgan fingerprint density at radius 1 is 1.08 bits per heavy atom. The zero-order valence-corrected chi connectivity index (χ0v) is 14.8. The van der Waals surface area contributed by atoms with Crippen LogP contribution in [0.1, 0.15) is 16.3 Å². The lowest BCUT2D eigenvalue weighted by Gasteiger charge is -2.11. The summed E-state index contributed by atoms with van der Waals surface area (Å²) in [5.74, 6) is 1.85. The molecule has 0 aliphatic heterocycles. The maximum Gasteiger partial charge on any atom is 0.274 e. The number of anilines is 2. The van der Waals surface area contributed by atoms with Gasteiger partial charge in [-0.15, -0.1) is 0 Å². The average Bonchev–Trinajstić information content (AvgIpc) is 2.61. The van der Waals surface area contributed by atoms with Gasteiger partial charge < -0.3 is 24.8 Å². The van der Waals surface area contributed by atoms with Crippen molar-refractivity contribution >= 4 is 17.4 Å². The largest absolute Gasteiger partial charge is 0.493 e. The lowest BCUT2D eigenvalue weighted by Crippen LogP contribution is -2.16. The van der Waals surface area contributed by atoms with Gasteiger partial charge in [0.05, 0.1) is 20.8 Å². The molecule has 2 rings (SSSR count). The number of methoxy groups -OCH3 is 3. The number of ether oxygens (including phenoxy) is 3. The second-order valence-corrected chi connectivity index (χ2v) is 5.13. The Bertz CT molecular complexity index is 737. The molecule has 0 fully saturated rings. The van der Waals surface area contributed by atoms with Crippen molar-refractivity contribution in [1.82, 2.24) is 9.97 Å². The number of carbonyl (C=O) groups excluding carboxylic acids is 1. The third-order valence-electron chi connectivity index (χ3n) is 3.32. The summed E-state index contributed by atoms with van der Waals surface area (Å²) in [6.07, 6.45) is 0. The second kappa shape index (κ2) is 8.84. The topological polar surface area (TPSA) is 94.6 Å². The smallest absolute Gasteiger partial charge is 0.274 e. The molecule has 0 atom stereocenters. The molecule has 134 valence electrons. The molecule has 0 aliphatic carbocycles. The maximum atomic E-state index is 12.5. The van der Waals surface area contributed by atoms with E-state index in [9.17, 15) is 4.79 Å². The standard InChI is InChI=1S/C17H22N4O4/c1-11-19-13(10-16(20-11)18-7-8-23-2)17(22)21-12-5-6-14(24-3)15(9-12)25-4/h5-6,9-10H,7-8H2,1-4H3,(H,21,22)(H,18,19,20). The fourth-order valence-corrected chi connectivity index (χ4v) is 2.16. The van der Waals surface area contributed by atoms with E-state index < -0.39 is 0 Å². The SMILES string of the molecule is COCCNc1cc(C(=O)Nc2ccc(OC)c(OC)c2)nc(C)n1. The van der Waals surface area contributed by atoms with Crippen LogP contribution < -0.4 is 20.1 Å². The number of hydrogen-bond donors (Lipinski definition) is 2. The molecule has 8 heteroatoms. The summed E-state index contributed by atoms with van der Waals surface area (Å²) >= 11 is 0. The molecule has 2 aromatic rings. The minimum atomic E-state index is -0.340. The molecule has 0 bridgehead atoms. The van der Waals surface area contributed by atoms with Crippen molar-refractivity contribution in [2.24, 2.45) is 0 Å². The van der Waals surface area contributed by atoms with Crippen LogP contribution in [-0.4, -0.2) is 50.4 Å². The molecule has 1 aromatic carbocycles. The number of aromatic nitrogens is 2. The summed E-state index contributed by atoms with van der Waals surface area (Å²) in [6, 6.07) is 6.73. The van der Waals surface area contributed by atoms with Gasteiger partial charge in [-0.2, -0.15) is 0 Å². The molecule has 0 saturated carbocycles. The minimum absolute atomic E-state index is 0.266. The van der Waals surface area contributed by atoms with Crippen molar-refractivity contribution in [3.05, 3.63) is 35.8 Å². The highest BCUT2D eigenvalue weighted by Crippen LogP contribution is 2.29. The van der Waals surface area contributed by atoms with Crippen LogP contribution in [-0.2, 0) is 4.74 Å². The van der Waals surface area contributed by atoms with Crippen LogP contribution in [0.5, 0.6) is 11.5 Å². The Morgan fingerprint density at radius 3 is 2.52 bits per heavy atom. The fraction of sp³-hybridized carbons (Fsp3) is 0.353. The van der Waals surface area contributed by atoms with E-state index in [4.69, 9.17) is 14.2 Å². The number of nitrogens with zero attached hydrogens (tertiary/aromatic N) is 2. The predicted molar refractivity (Wildman–Crippen MR) is 94.6 cm³/mol. The zero-order chi connectivity index (χ0) is 18.2. The summed E-state index contributed by atoms with van der Waals surface area (Å²) < 4.78 is 15.4. The van der Waals surface area contributed by atoms with Gasteiger partial charge in [0.15, 0.2) is 11.5 Å². The number of hydrogen-bond acceptors (Lipinski definition) is 7. The summed E-state index contributed by atoms with van der Waals surface area (Å²) in [7, 11) is 4.71. The van der Waals surface area contributed by atoms with Gasteiger partial charge in [-0.3, -0.25) is 4.79 Å². The molecule has 0 aliphatic rings. The lowest BCUT2D eigenvalue weighted by atomic mass is 10.2. The van der Waals surface area contributed by atoms with Crippen molar-refractivity contribution in [3.63, 3.8) is 0 Å². The molecule has 0 radical (unpaired) electrons. The van der Waals surface area contributed by atoms with Gasteiger partial charge >= 0.3 is 0 Å². The Hall–Kier alpha value is -2.87. The Labute approximate surface area is 146 Å². The fourth-order valence-electron chi connectivity index (χ4n) is 2.16. The van der Waals surface area contributed by atoms with E-state index in [1.54, 1.807) is 45.4 Å². The van der Waals surface area contributed by atoms with E-state index >= 15 is 0 Å². The molecular formula is C17H22N4O4. The monoisotopic (exact) mass is 346 g/mol. The van der Waals surface area contributed by atoms with Crippen LogP contribution >= 0.6 is 0 Å². The van der Waals surface area contributed by atoms with Crippen molar-refractivity contribution in [3.8, 4) is 11.5 Å². The quantitative estimate of drug-likeness (QED) is 0.707. The third-order valence-corrected chi connectivity index (χ3v) is 3.32. The van der Waals surface area contributed by atoms with E-state index in [1.807, 2.05) is 0 Å². The van der Waals surface area contributed by atoms with Crippen LogP contribution in [0.15, 0.2) is 24.3 Å². The van der Waals surface area contributed by atoms with Gasteiger partial charge in [-0.25, -0.2) is 9.97 Å². The van der Waals surface area contributed by atoms with Crippen LogP contribution in [0, 0.1) is 6.92 Å². The van der Waals surface area contributed by atoms with Gasteiger partial charge in [0.1, 0.15) is 17.3 Å². The number of aryl methyl sites for hydroxylation is 1. The maximum absolute atomic E-state index is 12.5. The molecule has 1 aromatic heterocycles. The minimum Gasteiger partial charge on any atom is -0.493 e. The van der Waals surface area contributed by atoms with Crippen LogP contribution in [0.2, 0.25) is 0 Å². The van der Waals surface area contributed by atoms with E-state index in [0.29, 0.717) is 42.0 Å². The summed E-state index contributed by atoms with van der Waals surface area (Å²) in [4.78, 5) is 20.9. The first-order valence-electron chi connectivity index (χ1n) is 7.69. The van der Waals surface area contributed by atoms with Crippen LogP contribution in [0.25, 0.3) is 0 Å². The van der Waals surface area contributed by atoms with Gasteiger partial charge in [0, 0.05) is 31.5 Å². The molecule has 25 heavy (non-hydrogen) atoms. The molecule has 0 unspecified atom stereocenters. The molecule has 2 N–H and O–H groups in total. The lowest BCUT2D eigenvalue weighted by molar-refractivity contribution is 0.102. The van der Waals surface area contributed by atoms with Crippen molar-refractivity contribution in [2.45, 2.75) is 6.92 Å². The van der Waals surface area contributed by atoms with Gasteiger partial charge in [-0.1, -0.05) is 0 Å². The molecule has 1 heterocycles. The van der Waals surface area contributed by atoms with Gasteiger partial charge in [0.25, 0.3) is 5.91 Å². The average molecular weight is 346 g/mol. The number of nitrogens with one attached hydrogen (secondary N) is 2. The van der Waals surface area contributed by atoms with Crippen molar-refractivity contribution in [2.75, 3.05) is 45.1 Å². The van der Waals surface area contributed by atoms with Crippen molar-refractivity contribution in [1.29, 1.82) is 0 Å². The summed E-state index contributed by atoms with van der Waals surface area (Å²) in [5, 5.41) is 5.87. The molecule has 1 amide bonds. The van der Waals surface area contributed by atoms with E-state index in [2.05, 4.69) is 20.6 Å². The van der Waals surface area contributed by atoms with Crippen LogP contribution in [0.3, 0.4) is 0 Å². The van der Waals surface area contributed by atoms with E-state index in [0.717, 1.165) is 0 Å². The first kappa shape index (κ1) is 18.5. The number of rotatable bonds is 8. The van der Waals surface area contributed by atoms with Gasteiger partial charge in [0.2, 0.25) is 0 Å². The Kier molecular flexibility index (Phi) is 6.53. The molecular weight excluding hydrogens is 324 g/mol. The third kappa shape index (κ3) is 5.05. The second-order valence-electron chi connectivity index (χ2n) is 5.13. The Balaban J connectivity index is 2.15. The first-order chi connectivity index (χ1) is 12.1. The molecule has 8 nitrogen and oxygen atoms in total. The van der Waals surface area contributed by atoms with E-state index in [1.165, 1.54) is 7.11 Å². The van der Waals surface area contributed by atoms with Crippen LogP contribution in [0.4, 0.5) is 11.5 Å². The molecule has 0 spiro atoms.